The van der Waals surface area contributed by atoms with Crippen LogP contribution in [0.15, 0.2) is 24.4 Å². The van der Waals surface area contributed by atoms with E-state index < -0.39 is 0 Å². The monoisotopic (exact) mass is 249 g/mol. The molecule has 0 N–H and O–H groups in total. The van der Waals surface area contributed by atoms with Crippen molar-refractivity contribution in [3.05, 3.63) is 35.8 Å². The molecule has 0 aliphatic carbocycles. The van der Waals surface area contributed by atoms with E-state index in [1.54, 1.807) is 23.9 Å². The van der Waals surface area contributed by atoms with E-state index in [2.05, 4.69) is 0 Å². The van der Waals surface area contributed by atoms with Crippen LogP contribution in [0.5, 0.6) is 0 Å². The second kappa shape index (κ2) is 5.21. The van der Waals surface area contributed by atoms with E-state index in [-0.39, 0.29) is 11.8 Å². The highest BCUT2D eigenvalue weighted by Gasteiger charge is 2.15. The van der Waals surface area contributed by atoms with Gasteiger partial charge in [-0.15, -0.1) is 0 Å². The van der Waals surface area contributed by atoms with E-state index in [9.17, 15) is 9.18 Å². The van der Waals surface area contributed by atoms with Crippen molar-refractivity contribution in [3.8, 4) is 0 Å². The van der Waals surface area contributed by atoms with E-state index in [4.69, 9.17) is 4.74 Å². The number of nitrogens with zero attached hydrogens (tertiary/aromatic N) is 1. The van der Waals surface area contributed by atoms with Gasteiger partial charge in [0.1, 0.15) is 5.82 Å². The summed E-state index contributed by atoms with van der Waals surface area (Å²) in [6.07, 6.45) is 3.51. The number of rotatable bonds is 4. The minimum atomic E-state index is -0.347. The van der Waals surface area contributed by atoms with Crippen LogP contribution in [0.3, 0.4) is 0 Å². The first-order valence-corrected chi connectivity index (χ1v) is 6.05. The average molecular weight is 249 g/mol. The molecule has 1 heterocycles. The summed E-state index contributed by atoms with van der Waals surface area (Å²) in [7, 11) is 1.78. The van der Waals surface area contributed by atoms with Gasteiger partial charge in [0.05, 0.1) is 17.7 Å². The van der Waals surface area contributed by atoms with Crippen LogP contribution < -0.4 is 0 Å². The lowest BCUT2D eigenvalue weighted by atomic mass is 10.2. The molecule has 96 valence electrons. The number of hydrogen-bond acceptors (Lipinski definition) is 2. The first kappa shape index (κ1) is 12.6. The van der Waals surface area contributed by atoms with Crippen molar-refractivity contribution >= 4 is 16.9 Å². The second-order valence-corrected chi connectivity index (χ2v) is 4.30. The van der Waals surface area contributed by atoms with E-state index in [0.29, 0.717) is 17.7 Å². The topological polar surface area (TPSA) is 31.2 Å². The number of hydrogen-bond donors (Lipinski definition) is 0. The van der Waals surface area contributed by atoms with Gasteiger partial charge >= 0.3 is 5.97 Å². The Balaban J connectivity index is 2.31. The molecular weight excluding hydrogens is 233 g/mol. The quantitative estimate of drug-likeness (QED) is 0.615. The number of esters is 1. The van der Waals surface area contributed by atoms with E-state index in [0.717, 1.165) is 18.2 Å². The Bertz CT molecular complexity index is 574. The number of unbranched alkanes of at least 4 members (excludes halogenated alkanes) is 1. The molecule has 3 nitrogen and oxygen atoms in total. The Morgan fingerprint density at radius 3 is 2.94 bits per heavy atom. The van der Waals surface area contributed by atoms with Crippen LogP contribution >= 0.6 is 0 Å². The Morgan fingerprint density at radius 1 is 1.44 bits per heavy atom. The fourth-order valence-electron chi connectivity index (χ4n) is 1.91. The van der Waals surface area contributed by atoms with Gasteiger partial charge in [0, 0.05) is 18.6 Å². The Morgan fingerprint density at radius 2 is 2.22 bits per heavy atom. The van der Waals surface area contributed by atoms with Crippen LogP contribution in [0.4, 0.5) is 4.39 Å². The number of aryl methyl sites for hydroxylation is 1. The average Bonchev–Trinajstić information content (AvgIpc) is 2.67. The third kappa shape index (κ3) is 2.37. The molecule has 0 saturated carbocycles. The zero-order chi connectivity index (χ0) is 13.1. The molecule has 0 spiro atoms. The highest BCUT2D eigenvalue weighted by molar-refractivity contribution is 6.04. The molecule has 1 aromatic carbocycles. The molecule has 0 fully saturated rings. The van der Waals surface area contributed by atoms with Crippen molar-refractivity contribution in [2.45, 2.75) is 19.8 Å². The Kier molecular flexibility index (Phi) is 3.65. The molecule has 0 radical (unpaired) electrons. The summed E-state index contributed by atoms with van der Waals surface area (Å²) in [4.78, 5) is 11.9. The number of fused-ring (bicyclic) bond motifs is 1. The third-order valence-electron chi connectivity index (χ3n) is 2.90. The molecule has 0 unspecified atom stereocenters. The molecule has 0 atom stereocenters. The first-order chi connectivity index (χ1) is 8.63. The molecule has 0 aliphatic rings. The smallest absolute Gasteiger partial charge is 0.340 e. The molecule has 1 aromatic heterocycles. The van der Waals surface area contributed by atoms with Crippen molar-refractivity contribution in [2.24, 2.45) is 7.05 Å². The number of aromatic nitrogens is 1. The second-order valence-electron chi connectivity index (χ2n) is 4.30. The molecule has 4 heteroatoms. The zero-order valence-electron chi connectivity index (χ0n) is 10.6. The van der Waals surface area contributed by atoms with Crippen molar-refractivity contribution in [1.82, 2.24) is 4.57 Å². The zero-order valence-corrected chi connectivity index (χ0v) is 10.6. The standard InChI is InChI=1S/C14H16FNO2/c1-3-4-7-18-14(17)12-9-16(2)13-8-10(15)5-6-11(12)13/h5-6,8-9H,3-4,7H2,1-2H3. The van der Waals surface area contributed by atoms with Gasteiger partial charge in [-0.1, -0.05) is 13.3 Å². The van der Waals surface area contributed by atoms with Crippen molar-refractivity contribution in [3.63, 3.8) is 0 Å². The molecule has 2 aromatic rings. The van der Waals surface area contributed by atoms with E-state index in [1.165, 1.54) is 12.1 Å². The number of carbonyl (C=O) groups excluding carboxylic acids is 1. The van der Waals surface area contributed by atoms with E-state index >= 15 is 0 Å². The molecule has 0 amide bonds. The lowest BCUT2D eigenvalue weighted by molar-refractivity contribution is 0.0502. The highest BCUT2D eigenvalue weighted by atomic mass is 19.1. The van der Waals surface area contributed by atoms with Crippen LogP contribution in [0.25, 0.3) is 10.9 Å². The fourth-order valence-corrected chi connectivity index (χ4v) is 1.91. The summed E-state index contributed by atoms with van der Waals surface area (Å²) >= 11 is 0. The molecule has 0 aliphatic heterocycles. The lowest BCUT2D eigenvalue weighted by Crippen LogP contribution is -2.05. The normalized spacial score (nSPS) is 10.8. The molecule has 0 saturated heterocycles. The van der Waals surface area contributed by atoms with Crippen molar-refractivity contribution < 1.29 is 13.9 Å². The summed E-state index contributed by atoms with van der Waals surface area (Å²) in [5, 5.41) is 0.723. The number of carbonyl (C=O) groups is 1. The third-order valence-corrected chi connectivity index (χ3v) is 2.90. The van der Waals surface area contributed by atoms with Crippen LogP contribution in [0.1, 0.15) is 30.1 Å². The van der Waals surface area contributed by atoms with Gasteiger partial charge in [0.2, 0.25) is 0 Å². The van der Waals surface area contributed by atoms with Gasteiger partial charge in [0.15, 0.2) is 0 Å². The predicted molar refractivity (Wildman–Crippen MR) is 68.1 cm³/mol. The predicted octanol–water partition coefficient (Wildman–Crippen LogP) is 3.27. The molecular formula is C14H16FNO2. The number of benzene rings is 1. The summed E-state index contributed by atoms with van der Waals surface area (Å²) in [6.45, 7) is 2.46. The van der Waals surface area contributed by atoms with Crippen LogP contribution in [0.2, 0.25) is 0 Å². The summed E-state index contributed by atoms with van der Waals surface area (Å²) in [6, 6.07) is 4.38. The van der Waals surface area contributed by atoms with Crippen LogP contribution in [0, 0.1) is 5.82 Å². The summed E-state index contributed by atoms with van der Waals surface area (Å²) in [5.74, 6) is -0.657. The van der Waals surface area contributed by atoms with Gasteiger partial charge in [-0.05, 0) is 24.6 Å². The summed E-state index contributed by atoms with van der Waals surface area (Å²) in [5.41, 5.74) is 1.18. The fraction of sp³-hybridized carbons (Fsp3) is 0.357. The van der Waals surface area contributed by atoms with Crippen molar-refractivity contribution in [1.29, 1.82) is 0 Å². The first-order valence-electron chi connectivity index (χ1n) is 6.05. The maximum absolute atomic E-state index is 13.1. The minimum Gasteiger partial charge on any atom is -0.462 e. The maximum atomic E-state index is 13.1. The van der Waals surface area contributed by atoms with Gasteiger partial charge in [-0.2, -0.15) is 0 Å². The van der Waals surface area contributed by atoms with Crippen LogP contribution in [-0.2, 0) is 11.8 Å². The van der Waals surface area contributed by atoms with E-state index in [1.807, 2.05) is 6.92 Å². The molecule has 2 rings (SSSR count). The van der Waals surface area contributed by atoms with Crippen molar-refractivity contribution in [2.75, 3.05) is 6.61 Å². The van der Waals surface area contributed by atoms with Crippen LogP contribution in [-0.4, -0.2) is 17.1 Å². The minimum absolute atomic E-state index is 0.311. The largest absolute Gasteiger partial charge is 0.462 e. The number of ether oxygens (including phenoxy) is 1. The van der Waals surface area contributed by atoms with Gasteiger partial charge in [-0.25, -0.2) is 9.18 Å². The maximum Gasteiger partial charge on any atom is 0.340 e. The Labute approximate surface area is 105 Å². The molecule has 0 bridgehead atoms. The Hall–Kier alpha value is -1.84. The number of halogens is 1. The SMILES string of the molecule is CCCCOC(=O)c1cn(C)c2cc(F)ccc12. The lowest BCUT2D eigenvalue weighted by Gasteiger charge is -2.02. The van der Waals surface area contributed by atoms with Gasteiger partial charge < -0.3 is 9.30 Å². The highest BCUT2D eigenvalue weighted by Crippen LogP contribution is 2.22. The molecule has 18 heavy (non-hydrogen) atoms. The van der Waals surface area contributed by atoms with Gasteiger partial charge in [0.25, 0.3) is 0 Å². The summed E-state index contributed by atoms with van der Waals surface area (Å²) < 4.78 is 20.1. The van der Waals surface area contributed by atoms with Gasteiger partial charge in [-0.3, -0.25) is 0 Å².